The minimum atomic E-state index is -0.268. The lowest BCUT2D eigenvalue weighted by atomic mass is 9.94. The number of amides is 1. The molecule has 3 nitrogen and oxygen atoms in total. The monoisotopic (exact) mass is 295 g/mol. The van der Waals surface area contributed by atoms with Crippen molar-refractivity contribution in [1.29, 1.82) is 0 Å². The van der Waals surface area contributed by atoms with Gasteiger partial charge in [-0.25, -0.2) is 0 Å². The highest BCUT2D eigenvalue weighted by Crippen LogP contribution is 2.48. The van der Waals surface area contributed by atoms with Crippen molar-refractivity contribution in [2.75, 3.05) is 13.2 Å². The lowest BCUT2D eigenvalue weighted by Crippen LogP contribution is -2.51. The van der Waals surface area contributed by atoms with Crippen molar-refractivity contribution in [3.8, 4) is 0 Å². The maximum Gasteiger partial charge on any atom is 0.231 e. The maximum absolute atomic E-state index is 12.2. The van der Waals surface area contributed by atoms with Crippen molar-refractivity contribution in [2.45, 2.75) is 24.3 Å². The normalized spacial score (nSPS) is 21.7. The summed E-state index contributed by atoms with van der Waals surface area (Å²) in [6, 6.07) is 8.28. The number of carbonyl (C=O) groups is 1. The van der Waals surface area contributed by atoms with E-state index in [0.29, 0.717) is 13.2 Å². The summed E-state index contributed by atoms with van der Waals surface area (Å²) in [6.45, 7) is 1.31. The summed E-state index contributed by atoms with van der Waals surface area (Å²) < 4.78 is 6.12. The molecule has 0 unspecified atom stereocenters. The van der Waals surface area contributed by atoms with Gasteiger partial charge >= 0.3 is 0 Å². The van der Waals surface area contributed by atoms with Crippen LogP contribution in [0, 0.1) is 0 Å². The summed E-state index contributed by atoms with van der Waals surface area (Å²) in [6.07, 6.45) is 1.90. The fraction of sp³-hybridized carbons (Fsp3) is 0.462. The van der Waals surface area contributed by atoms with Crippen LogP contribution in [0.1, 0.15) is 18.4 Å². The molecule has 90 valence electrons. The third kappa shape index (κ3) is 2.00. The molecule has 1 N–H and O–H groups in total. The molecule has 4 heteroatoms. The molecule has 1 saturated carbocycles. The molecule has 0 bridgehead atoms. The van der Waals surface area contributed by atoms with Gasteiger partial charge in [-0.3, -0.25) is 4.79 Å². The first-order chi connectivity index (χ1) is 8.21. The van der Waals surface area contributed by atoms with Gasteiger partial charge in [0.25, 0.3) is 0 Å². The molecule has 1 aromatic carbocycles. The zero-order chi connectivity index (χ0) is 11.9. The topological polar surface area (TPSA) is 38.3 Å². The summed E-state index contributed by atoms with van der Waals surface area (Å²) in [4.78, 5) is 12.2. The Morgan fingerprint density at radius 3 is 2.41 bits per heavy atom. The third-order valence-corrected chi connectivity index (χ3v) is 4.08. The fourth-order valence-electron chi connectivity index (χ4n) is 2.18. The standard InChI is InChI=1S/C13H14BrNO2/c14-10-3-1-9(2-4-10)13(5-6-13)12(16)15-11-7-17-8-11/h1-4,11H,5-8H2,(H,15,16). The Bertz CT molecular complexity index is 435. The van der Waals surface area contributed by atoms with E-state index in [2.05, 4.69) is 21.2 Å². The Balaban J connectivity index is 1.76. The molecular weight excluding hydrogens is 282 g/mol. The Kier molecular flexibility index (Phi) is 2.71. The number of hydrogen-bond donors (Lipinski definition) is 1. The smallest absolute Gasteiger partial charge is 0.231 e. The van der Waals surface area contributed by atoms with E-state index >= 15 is 0 Å². The zero-order valence-corrected chi connectivity index (χ0v) is 11.0. The van der Waals surface area contributed by atoms with Gasteiger partial charge in [0.05, 0.1) is 24.7 Å². The number of nitrogens with one attached hydrogen (secondary N) is 1. The van der Waals surface area contributed by atoms with Crippen molar-refractivity contribution in [3.05, 3.63) is 34.3 Å². The summed E-state index contributed by atoms with van der Waals surface area (Å²) >= 11 is 3.41. The Morgan fingerprint density at radius 2 is 1.94 bits per heavy atom. The maximum atomic E-state index is 12.2. The van der Waals surface area contributed by atoms with Gasteiger partial charge in [0, 0.05) is 4.47 Å². The molecule has 17 heavy (non-hydrogen) atoms. The molecule has 3 rings (SSSR count). The predicted molar refractivity (Wildman–Crippen MR) is 67.8 cm³/mol. The van der Waals surface area contributed by atoms with Crippen LogP contribution in [0.4, 0.5) is 0 Å². The van der Waals surface area contributed by atoms with Crippen molar-refractivity contribution in [1.82, 2.24) is 5.32 Å². The van der Waals surface area contributed by atoms with E-state index in [1.54, 1.807) is 0 Å². The van der Waals surface area contributed by atoms with E-state index in [9.17, 15) is 4.79 Å². The molecule has 0 spiro atoms. The van der Waals surface area contributed by atoms with Crippen LogP contribution >= 0.6 is 15.9 Å². The zero-order valence-electron chi connectivity index (χ0n) is 9.41. The highest BCUT2D eigenvalue weighted by Gasteiger charge is 2.51. The van der Waals surface area contributed by atoms with Crippen molar-refractivity contribution >= 4 is 21.8 Å². The van der Waals surface area contributed by atoms with Crippen LogP contribution in [0.5, 0.6) is 0 Å². The van der Waals surface area contributed by atoms with Crippen LogP contribution in [-0.4, -0.2) is 25.2 Å². The first-order valence-electron chi connectivity index (χ1n) is 5.85. The van der Waals surface area contributed by atoms with E-state index in [1.807, 2.05) is 24.3 Å². The molecule has 1 aromatic rings. The molecule has 2 fully saturated rings. The average molecular weight is 296 g/mol. The van der Waals surface area contributed by atoms with E-state index < -0.39 is 0 Å². The Labute approximate surface area is 109 Å². The van der Waals surface area contributed by atoms with Crippen LogP contribution in [-0.2, 0) is 14.9 Å². The first kappa shape index (κ1) is 11.2. The average Bonchev–Trinajstić information content (AvgIpc) is 3.05. The SMILES string of the molecule is O=C(NC1COC1)C1(c2ccc(Br)cc2)CC1. The number of ether oxygens (including phenoxy) is 1. The van der Waals surface area contributed by atoms with E-state index in [4.69, 9.17) is 4.74 Å². The summed E-state index contributed by atoms with van der Waals surface area (Å²) in [5.74, 6) is 0.160. The van der Waals surface area contributed by atoms with Crippen LogP contribution in [0.15, 0.2) is 28.7 Å². The second-order valence-electron chi connectivity index (χ2n) is 4.80. The van der Waals surface area contributed by atoms with E-state index in [0.717, 1.165) is 22.9 Å². The van der Waals surface area contributed by atoms with Gasteiger partial charge in [-0.05, 0) is 30.5 Å². The van der Waals surface area contributed by atoms with Gasteiger partial charge in [-0.15, -0.1) is 0 Å². The van der Waals surface area contributed by atoms with Gasteiger partial charge in [0.15, 0.2) is 0 Å². The first-order valence-corrected chi connectivity index (χ1v) is 6.65. The molecule has 1 aliphatic carbocycles. The highest BCUT2D eigenvalue weighted by atomic mass is 79.9. The molecule has 1 amide bonds. The second kappa shape index (κ2) is 4.10. The quantitative estimate of drug-likeness (QED) is 0.926. The van der Waals surface area contributed by atoms with Crippen molar-refractivity contribution in [2.24, 2.45) is 0 Å². The molecule has 0 atom stereocenters. The van der Waals surface area contributed by atoms with Crippen LogP contribution in [0.2, 0.25) is 0 Å². The summed E-state index contributed by atoms with van der Waals surface area (Å²) in [7, 11) is 0. The predicted octanol–water partition coefficient (Wildman–Crippen LogP) is 2.00. The minimum absolute atomic E-state index is 0.160. The number of hydrogen-bond acceptors (Lipinski definition) is 2. The second-order valence-corrected chi connectivity index (χ2v) is 5.71. The summed E-state index contributed by atoms with van der Waals surface area (Å²) in [5, 5.41) is 3.06. The Hall–Kier alpha value is -0.870. The molecule has 0 aromatic heterocycles. The van der Waals surface area contributed by atoms with Gasteiger partial charge in [0.2, 0.25) is 5.91 Å². The van der Waals surface area contributed by atoms with Crippen LogP contribution in [0.25, 0.3) is 0 Å². The van der Waals surface area contributed by atoms with E-state index in [-0.39, 0.29) is 17.4 Å². The van der Waals surface area contributed by atoms with Crippen LogP contribution in [0.3, 0.4) is 0 Å². The summed E-state index contributed by atoms with van der Waals surface area (Å²) in [5.41, 5.74) is 0.856. The largest absolute Gasteiger partial charge is 0.377 e. The van der Waals surface area contributed by atoms with Gasteiger partial charge in [-0.1, -0.05) is 28.1 Å². The van der Waals surface area contributed by atoms with Crippen LogP contribution < -0.4 is 5.32 Å². The molecule has 1 aliphatic heterocycles. The van der Waals surface area contributed by atoms with Gasteiger partial charge < -0.3 is 10.1 Å². The molecule has 2 aliphatic rings. The van der Waals surface area contributed by atoms with Crippen molar-refractivity contribution < 1.29 is 9.53 Å². The number of benzene rings is 1. The minimum Gasteiger partial charge on any atom is -0.377 e. The lowest BCUT2D eigenvalue weighted by Gasteiger charge is -2.29. The van der Waals surface area contributed by atoms with Gasteiger partial charge in [-0.2, -0.15) is 0 Å². The Morgan fingerprint density at radius 1 is 1.29 bits per heavy atom. The molecule has 1 heterocycles. The highest BCUT2D eigenvalue weighted by molar-refractivity contribution is 9.10. The lowest BCUT2D eigenvalue weighted by molar-refractivity contribution is -0.127. The fourth-order valence-corrected chi connectivity index (χ4v) is 2.45. The third-order valence-electron chi connectivity index (χ3n) is 3.55. The molecule has 1 saturated heterocycles. The number of halogens is 1. The van der Waals surface area contributed by atoms with E-state index in [1.165, 1.54) is 0 Å². The molecule has 0 radical (unpaired) electrons. The molecular formula is C13H14BrNO2. The number of carbonyl (C=O) groups excluding carboxylic acids is 1. The van der Waals surface area contributed by atoms with Crippen molar-refractivity contribution in [3.63, 3.8) is 0 Å². The number of rotatable bonds is 3. The van der Waals surface area contributed by atoms with Gasteiger partial charge in [0.1, 0.15) is 0 Å².